The normalized spacial score (nSPS) is 8.55. The lowest BCUT2D eigenvalue weighted by Gasteiger charge is -2.28. The fourth-order valence-corrected chi connectivity index (χ4v) is 2.83. The highest BCUT2D eigenvalue weighted by molar-refractivity contribution is 5.71. The zero-order valence-electron chi connectivity index (χ0n) is 22.4. The molecule has 0 aliphatic carbocycles. The molecule has 0 unspecified atom stereocenters. The molecule has 0 bridgehead atoms. The lowest BCUT2D eigenvalue weighted by atomic mass is 9.78. The Hall–Kier alpha value is -5.47. The molecule has 0 saturated carbocycles. The topological polar surface area (TPSA) is 46.5 Å². The summed E-state index contributed by atoms with van der Waals surface area (Å²) < 4.78 is 4.92. The third kappa shape index (κ3) is 12.3. The number of carbonyl (C=O) groups excluding carboxylic acids is 1. The van der Waals surface area contributed by atoms with Gasteiger partial charge in [0.1, 0.15) is 11.9 Å². The van der Waals surface area contributed by atoms with Crippen LogP contribution in [0.2, 0.25) is 0 Å². The first-order valence-corrected chi connectivity index (χ1v) is 11.5. The van der Waals surface area contributed by atoms with E-state index < -0.39 is 5.97 Å². The van der Waals surface area contributed by atoms with Crippen LogP contribution in [0, 0.1) is 107 Å². The van der Waals surface area contributed by atoms with Gasteiger partial charge in [-0.2, -0.15) is 0 Å². The Labute approximate surface area is 246 Å². The Bertz CT molecular complexity index is 1630. The number of esters is 1. The lowest BCUT2D eigenvalue weighted by molar-refractivity contribution is -0.136. The van der Waals surface area contributed by atoms with Gasteiger partial charge in [0.2, 0.25) is 0 Å². The summed E-state index contributed by atoms with van der Waals surface area (Å²) in [5.41, 5.74) is 2.17. The summed E-state index contributed by atoms with van der Waals surface area (Å²) in [7, 11) is 0. The Morgan fingerprint density at radius 3 is 1.47 bits per heavy atom. The summed E-state index contributed by atoms with van der Waals surface area (Å²) >= 11 is 0. The number of hydrogen-bond acceptors (Lipinski definition) is 3. The first-order valence-electron chi connectivity index (χ1n) is 11.5. The summed E-state index contributed by atoms with van der Waals surface area (Å²) in [6, 6.07) is 3.90. The Morgan fingerprint density at radius 1 is 0.737 bits per heavy atom. The van der Waals surface area contributed by atoms with Crippen LogP contribution >= 0.6 is 0 Å². The zero-order chi connectivity index (χ0) is 28.4. The maximum atomic E-state index is 12.1. The zero-order valence-corrected chi connectivity index (χ0v) is 22.4. The molecule has 3 heteroatoms. The van der Waals surface area contributed by atoms with Gasteiger partial charge in [-0.15, -0.1) is 6.42 Å². The minimum Gasteiger partial charge on any atom is -0.507 e. The van der Waals surface area contributed by atoms with Crippen molar-refractivity contribution in [3.63, 3.8) is 0 Å². The molecule has 1 aromatic carbocycles. The predicted molar refractivity (Wildman–Crippen MR) is 178 cm³/mol. The highest BCUT2D eigenvalue weighted by Crippen LogP contribution is 2.39. The number of phenolic OH excluding ortho intramolecular Hbond substituents is 1. The van der Waals surface area contributed by atoms with Crippen LogP contribution in [0.25, 0.3) is 0 Å². The Morgan fingerprint density at radius 2 is 1.11 bits per heavy atom. The Kier molecular flexibility index (Phi) is 12.5. The van der Waals surface area contributed by atoms with Crippen molar-refractivity contribution >= 4 is 5.97 Å². The van der Waals surface area contributed by atoms with Crippen LogP contribution in [-0.4, -0.2) is 11.1 Å². The summed E-state index contributed by atoms with van der Waals surface area (Å²) in [6.45, 7) is 12.3. The maximum Gasteiger partial charge on any atom is 0.320 e. The molecule has 0 heterocycles. The SMILES string of the molecule is C#CC#CC#CC#CC#CC#CC#CC#CC#COC(=O)CCc1cc(C(C)(C)C)c(O)c(C(C)(C)C)c1.[HH].[HH].[HH].[HH].[HH].[HH].[HH].[HH].[HH].[HH].[HH].[HH].[HH]. The number of aryl methyl sites for hydroxylation is 1. The van der Waals surface area contributed by atoms with Crippen LogP contribution in [0.15, 0.2) is 12.1 Å². The molecule has 38 heavy (non-hydrogen) atoms. The van der Waals surface area contributed by atoms with E-state index in [1.807, 2.05) is 53.7 Å². The van der Waals surface area contributed by atoms with E-state index in [0.717, 1.165) is 16.7 Å². The molecule has 0 atom stereocenters. The molecular formula is C35H52O3. The highest BCUT2D eigenvalue weighted by Gasteiger charge is 2.26. The predicted octanol–water partition coefficient (Wildman–Crippen LogP) is 7.28. The van der Waals surface area contributed by atoms with E-state index in [-0.39, 0.29) is 35.8 Å². The standard InChI is InChI=1S/C35H26O3.13H2/c1-8-9-10-11-12-13-14-15-16-17-18-19-20-21-22-23-26-38-32(36)25-24-29-27-30(34(2,3)4)33(37)31(28-29)35(5,6)7;;;;;;;;;;;;;/h1,27-28,37H,24-25H2,2-7H3;13*1H. The van der Waals surface area contributed by atoms with Gasteiger partial charge in [0, 0.05) is 65.9 Å². The fraction of sp³-hybridized carbons (Fsp3) is 0.286. The number of hydrogen-bond donors (Lipinski definition) is 1. The molecule has 0 saturated heterocycles. The van der Waals surface area contributed by atoms with E-state index in [9.17, 15) is 9.90 Å². The maximum absolute atomic E-state index is 12.1. The van der Waals surface area contributed by atoms with Crippen molar-refractivity contribution in [3.05, 3.63) is 28.8 Å². The van der Waals surface area contributed by atoms with Crippen LogP contribution < -0.4 is 0 Å². The average molecular weight is 521 g/mol. The van der Waals surface area contributed by atoms with Crippen molar-refractivity contribution in [1.82, 2.24) is 0 Å². The largest absolute Gasteiger partial charge is 0.507 e. The summed E-state index contributed by atoms with van der Waals surface area (Å²) in [4.78, 5) is 12.1. The molecule has 1 rings (SSSR count). The van der Waals surface area contributed by atoms with Crippen molar-refractivity contribution in [2.75, 3.05) is 0 Å². The molecule has 0 aliphatic rings. The first-order chi connectivity index (χ1) is 18.0. The van der Waals surface area contributed by atoms with Crippen molar-refractivity contribution in [3.8, 4) is 113 Å². The van der Waals surface area contributed by atoms with E-state index in [1.54, 1.807) is 0 Å². The molecule has 0 aromatic heterocycles. The van der Waals surface area contributed by atoms with Crippen molar-refractivity contribution < 1.29 is 33.2 Å². The van der Waals surface area contributed by atoms with Crippen molar-refractivity contribution in [1.29, 1.82) is 0 Å². The van der Waals surface area contributed by atoms with Crippen molar-refractivity contribution in [2.45, 2.75) is 65.2 Å². The van der Waals surface area contributed by atoms with Crippen LogP contribution in [0.1, 0.15) is 83.2 Å². The van der Waals surface area contributed by atoms with Gasteiger partial charge < -0.3 is 9.84 Å². The van der Waals surface area contributed by atoms with E-state index in [0.29, 0.717) is 12.2 Å². The number of benzene rings is 1. The van der Waals surface area contributed by atoms with E-state index >= 15 is 0 Å². The average Bonchev–Trinajstić information content (AvgIpc) is 2.83. The van der Waals surface area contributed by atoms with E-state index in [4.69, 9.17) is 11.2 Å². The molecule has 3 nitrogen and oxygen atoms in total. The molecule has 0 aliphatic heterocycles. The Balaban J connectivity index is -0.000000101. The number of carbonyl (C=O) groups is 1. The molecule has 0 spiro atoms. The lowest BCUT2D eigenvalue weighted by Crippen LogP contribution is -2.18. The minimum absolute atomic E-state index is 0. The van der Waals surface area contributed by atoms with Gasteiger partial charge in [0.15, 0.2) is 0 Å². The highest BCUT2D eigenvalue weighted by atomic mass is 16.5. The number of aromatic hydroxyl groups is 1. The number of ether oxygens (including phenoxy) is 1. The van der Waals surface area contributed by atoms with Crippen molar-refractivity contribution in [2.24, 2.45) is 0 Å². The molecule has 1 N–H and O–H groups in total. The van der Waals surface area contributed by atoms with Crippen LogP contribution in [-0.2, 0) is 26.8 Å². The first kappa shape index (κ1) is 30.6. The minimum atomic E-state index is -0.466. The summed E-state index contributed by atoms with van der Waals surface area (Å²) in [6.07, 6.45) is 7.82. The third-order valence-corrected chi connectivity index (χ3v) is 4.57. The van der Waals surface area contributed by atoms with Gasteiger partial charge in [0.25, 0.3) is 0 Å². The molecule has 210 valence electrons. The van der Waals surface area contributed by atoms with E-state index in [1.165, 1.54) is 0 Å². The molecule has 0 radical (unpaired) electrons. The number of terminal acetylenes is 1. The van der Waals surface area contributed by atoms with Crippen LogP contribution in [0.3, 0.4) is 0 Å². The van der Waals surface area contributed by atoms with Crippen LogP contribution in [0.5, 0.6) is 5.75 Å². The van der Waals surface area contributed by atoms with Gasteiger partial charge in [-0.25, -0.2) is 0 Å². The summed E-state index contributed by atoms with van der Waals surface area (Å²) in [5.74, 6) is 38.8. The van der Waals surface area contributed by atoms with Gasteiger partial charge >= 0.3 is 5.97 Å². The quantitative estimate of drug-likeness (QED) is 0.336. The van der Waals surface area contributed by atoms with Gasteiger partial charge in [-0.3, -0.25) is 4.79 Å². The second-order valence-electron chi connectivity index (χ2n) is 9.64. The summed E-state index contributed by atoms with van der Waals surface area (Å²) in [5, 5.41) is 10.8. The molecule has 1 aromatic rings. The van der Waals surface area contributed by atoms with Crippen LogP contribution in [0.4, 0.5) is 0 Å². The molecule has 0 fully saturated rings. The third-order valence-electron chi connectivity index (χ3n) is 4.57. The molecular weight excluding hydrogens is 468 g/mol. The fourth-order valence-electron chi connectivity index (χ4n) is 2.83. The number of rotatable bonds is 3. The van der Waals surface area contributed by atoms with Gasteiger partial charge in [-0.1, -0.05) is 53.7 Å². The van der Waals surface area contributed by atoms with Gasteiger partial charge in [0.05, 0.1) is 6.42 Å². The second-order valence-corrected chi connectivity index (χ2v) is 9.64. The van der Waals surface area contributed by atoms with Gasteiger partial charge in [-0.05, 0) is 81.3 Å². The smallest absolute Gasteiger partial charge is 0.320 e. The second kappa shape index (κ2) is 15.5. The molecule has 0 amide bonds. The number of phenols is 1. The monoisotopic (exact) mass is 520 g/mol. The van der Waals surface area contributed by atoms with E-state index in [2.05, 4.69) is 101 Å².